The Bertz CT molecular complexity index is 494. The third-order valence-corrected chi connectivity index (χ3v) is 4.75. The Morgan fingerprint density at radius 3 is 2.56 bits per heavy atom. The molecule has 0 radical (unpaired) electrons. The molecule has 1 atom stereocenters. The maximum Gasteiger partial charge on any atom is 0.180 e. The second-order valence-electron chi connectivity index (χ2n) is 3.47. The molecule has 0 aliphatic carbocycles. The lowest BCUT2D eigenvalue weighted by atomic mass is 10.1. The van der Waals surface area contributed by atoms with Crippen molar-refractivity contribution in [2.75, 3.05) is 5.75 Å². The number of benzene rings is 1. The van der Waals surface area contributed by atoms with E-state index in [9.17, 15) is 13.2 Å². The van der Waals surface area contributed by atoms with E-state index < -0.39 is 20.9 Å². The van der Waals surface area contributed by atoms with Crippen LogP contribution in [0.1, 0.15) is 24.2 Å². The maximum atomic E-state index is 11.9. The lowest BCUT2D eigenvalue weighted by Gasteiger charge is -2.10. The molecular weight excluding hydrogens is 248 g/mol. The largest absolute Gasteiger partial charge is 0.293 e. The van der Waals surface area contributed by atoms with Gasteiger partial charge in [-0.05, 0) is 19.1 Å². The van der Waals surface area contributed by atoms with Gasteiger partial charge in [-0.2, -0.15) is 0 Å². The summed E-state index contributed by atoms with van der Waals surface area (Å²) in [6.45, 7) is 2.93. The van der Waals surface area contributed by atoms with E-state index in [4.69, 9.17) is 11.6 Å². The first-order valence-corrected chi connectivity index (χ1v) is 6.99. The first-order chi connectivity index (χ1) is 7.38. The van der Waals surface area contributed by atoms with E-state index in [2.05, 4.69) is 0 Å². The molecule has 3 nitrogen and oxygen atoms in total. The number of carbonyl (C=O) groups is 1. The molecule has 5 heteroatoms. The van der Waals surface area contributed by atoms with Crippen LogP contribution in [-0.2, 0) is 9.84 Å². The molecule has 0 unspecified atom stereocenters. The maximum absolute atomic E-state index is 11.9. The van der Waals surface area contributed by atoms with Crippen molar-refractivity contribution in [1.82, 2.24) is 0 Å². The Hall–Kier alpha value is -0.870. The van der Waals surface area contributed by atoms with Crippen molar-refractivity contribution in [1.29, 1.82) is 0 Å². The zero-order chi connectivity index (χ0) is 12.3. The molecule has 0 fully saturated rings. The summed E-state index contributed by atoms with van der Waals surface area (Å²) in [5.74, 6) is -0.454. The molecule has 0 aliphatic heterocycles. The van der Waals surface area contributed by atoms with Crippen LogP contribution in [0.15, 0.2) is 24.3 Å². The average Bonchev–Trinajstić information content (AvgIpc) is 2.27. The van der Waals surface area contributed by atoms with Gasteiger partial charge in [-0.15, -0.1) is 0 Å². The second kappa shape index (κ2) is 4.97. The zero-order valence-corrected chi connectivity index (χ0v) is 10.7. The van der Waals surface area contributed by atoms with Gasteiger partial charge < -0.3 is 0 Å². The number of carbonyl (C=O) groups excluding carboxylic acids is 1. The van der Waals surface area contributed by atoms with Gasteiger partial charge in [0.1, 0.15) is 5.25 Å². The van der Waals surface area contributed by atoms with Crippen molar-refractivity contribution in [2.45, 2.75) is 19.1 Å². The third kappa shape index (κ3) is 2.83. The summed E-state index contributed by atoms with van der Waals surface area (Å²) >= 11 is 5.74. The Labute approximate surface area is 100 Å². The topological polar surface area (TPSA) is 51.2 Å². The molecule has 1 aromatic carbocycles. The van der Waals surface area contributed by atoms with Crippen molar-refractivity contribution >= 4 is 27.2 Å². The van der Waals surface area contributed by atoms with Gasteiger partial charge in [-0.1, -0.05) is 30.7 Å². The summed E-state index contributed by atoms with van der Waals surface area (Å²) in [5, 5.41) is -0.595. The smallest absolute Gasteiger partial charge is 0.180 e. The van der Waals surface area contributed by atoms with Crippen molar-refractivity contribution in [3.63, 3.8) is 0 Å². The van der Waals surface area contributed by atoms with Gasteiger partial charge in [0.05, 0.1) is 0 Å². The number of hydrogen-bond acceptors (Lipinski definition) is 3. The molecule has 0 aromatic heterocycles. The molecule has 1 rings (SSSR count). The first kappa shape index (κ1) is 13.2. The second-order valence-corrected chi connectivity index (χ2v) is 6.51. The monoisotopic (exact) mass is 260 g/mol. The van der Waals surface area contributed by atoms with Crippen LogP contribution in [0.4, 0.5) is 0 Å². The molecule has 0 spiro atoms. The van der Waals surface area contributed by atoms with Crippen LogP contribution in [0.5, 0.6) is 0 Å². The summed E-state index contributed by atoms with van der Waals surface area (Å²) in [6.07, 6.45) is 0. The van der Waals surface area contributed by atoms with E-state index >= 15 is 0 Å². The molecule has 0 amide bonds. The highest BCUT2D eigenvalue weighted by atomic mass is 35.5. The van der Waals surface area contributed by atoms with Crippen LogP contribution in [0.3, 0.4) is 0 Å². The van der Waals surface area contributed by atoms with E-state index in [1.165, 1.54) is 19.9 Å². The summed E-state index contributed by atoms with van der Waals surface area (Å²) < 4.78 is 23.1. The van der Waals surface area contributed by atoms with Crippen LogP contribution in [0.2, 0.25) is 5.02 Å². The SMILES string of the molecule is CCS(=O)(=O)[C@H](C)C(=O)c1cccc(Cl)c1. The Morgan fingerprint density at radius 1 is 1.44 bits per heavy atom. The Kier molecular flexibility index (Phi) is 4.10. The fourth-order valence-electron chi connectivity index (χ4n) is 1.29. The number of rotatable bonds is 4. The average molecular weight is 261 g/mol. The van der Waals surface area contributed by atoms with Crippen molar-refractivity contribution < 1.29 is 13.2 Å². The zero-order valence-electron chi connectivity index (χ0n) is 9.10. The van der Waals surface area contributed by atoms with Crippen LogP contribution in [-0.4, -0.2) is 25.2 Å². The predicted molar refractivity (Wildman–Crippen MR) is 64.7 cm³/mol. The molecule has 0 bridgehead atoms. The molecule has 0 N–H and O–H groups in total. The minimum atomic E-state index is -3.35. The fraction of sp³-hybridized carbons (Fsp3) is 0.364. The van der Waals surface area contributed by atoms with Crippen LogP contribution >= 0.6 is 11.6 Å². The molecule has 16 heavy (non-hydrogen) atoms. The number of halogens is 1. The molecule has 0 heterocycles. The quantitative estimate of drug-likeness (QED) is 0.781. The molecule has 0 saturated carbocycles. The summed E-state index contributed by atoms with van der Waals surface area (Å²) in [4.78, 5) is 11.9. The van der Waals surface area contributed by atoms with E-state index in [0.717, 1.165) is 0 Å². The summed E-state index contributed by atoms with van der Waals surface area (Å²) in [6, 6.07) is 6.31. The van der Waals surface area contributed by atoms with E-state index in [1.807, 2.05) is 0 Å². The van der Waals surface area contributed by atoms with Gasteiger partial charge in [0, 0.05) is 16.3 Å². The minimum Gasteiger partial charge on any atom is -0.293 e. The molecule has 88 valence electrons. The van der Waals surface area contributed by atoms with E-state index in [0.29, 0.717) is 10.6 Å². The third-order valence-electron chi connectivity index (χ3n) is 2.42. The molecule has 0 saturated heterocycles. The van der Waals surface area contributed by atoms with Crippen molar-refractivity contribution in [2.24, 2.45) is 0 Å². The normalized spacial score (nSPS) is 13.4. The van der Waals surface area contributed by atoms with Crippen molar-refractivity contribution in [3.8, 4) is 0 Å². The Balaban J connectivity index is 3.04. The molecule has 1 aromatic rings. The van der Waals surface area contributed by atoms with Gasteiger partial charge in [-0.25, -0.2) is 8.42 Å². The highest BCUT2D eigenvalue weighted by Crippen LogP contribution is 2.15. The fourth-order valence-corrected chi connectivity index (χ4v) is 2.44. The lowest BCUT2D eigenvalue weighted by Crippen LogP contribution is -2.28. The van der Waals surface area contributed by atoms with Gasteiger partial charge in [0.2, 0.25) is 0 Å². The number of Topliss-reactive ketones (excluding diaryl/α,β-unsaturated/α-hetero) is 1. The summed E-state index contributed by atoms with van der Waals surface area (Å²) in [7, 11) is -3.35. The van der Waals surface area contributed by atoms with Gasteiger partial charge >= 0.3 is 0 Å². The minimum absolute atomic E-state index is 0.0412. The highest BCUT2D eigenvalue weighted by Gasteiger charge is 2.27. The number of hydrogen-bond donors (Lipinski definition) is 0. The van der Waals surface area contributed by atoms with Crippen molar-refractivity contribution in [3.05, 3.63) is 34.9 Å². The standard InChI is InChI=1S/C11H13ClO3S/c1-3-16(14,15)8(2)11(13)9-5-4-6-10(12)7-9/h4-8H,3H2,1-2H3/t8-/m1/s1. The van der Waals surface area contributed by atoms with Gasteiger partial charge in [-0.3, -0.25) is 4.79 Å². The highest BCUT2D eigenvalue weighted by molar-refractivity contribution is 7.92. The van der Waals surface area contributed by atoms with Crippen LogP contribution in [0, 0.1) is 0 Å². The van der Waals surface area contributed by atoms with Gasteiger partial charge in [0.15, 0.2) is 15.6 Å². The van der Waals surface area contributed by atoms with Crippen LogP contribution < -0.4 is 0 Å². The summed E-state index contributed by atoms with van der Waals surface area (Å²) in [5.41, 5.74) is 0.331. The first-order valence-electron chi connectivity index (χ1n) is 4.90. The van der Waals surface area contributed by atoms with E-state index in [1.54, 1.807) is 18.2 Å². The lowest BCUT2D eigenvalue weighted by molar-refractivity contribution is 0.0991. The predicted octanol–water partition coefficient (Wildman–Crippen LogP) is 2.35. The number of sulfone groups is 1. The van der Waals surface area contributed by atoms with E-state index in [-0.39, 0.29) is 5.75 Å². The molecule has 0 aliphatic rings. The van der Waals surface area contributed by atoms with Crippen LogP contribution in [0.25, 0.3) is 0 Å². The Morgan fingerprint density at radius 2 is 2.06 bits per heavy atom. The van der Waals surface area contributed by atoms with Gasteiger partial charge in [0.25, 0.3) is 0 Å². The molecular formula is C11H13ClO3S. The number of ketones is 1.